The highest BCUT2D eigenvalue weighted by Gasteiger charge is 2.23. The quantitative estimate of drug-likeness (QED) is 0.875. The molecule has 0 radical (unpaired) electrons. The number of halogens is 1. The number of carbonyl (C=O) groups is 1. The summed E-state index contributed by atoms with van der Waals surface area (Å²) in [4.78, 5) is 14.5. The first kappa shape index (κ1) is 11.0. The van der Waals surface area contributed by atoms with Gasteiger partial charge in [0, 0.05) is 5.02 Å². The van der Waals surface area contributed by atoms with E-state index in [1.807, 2.05) is 12.1 Å². The Balaban J connectivity index is 2.01. The highest BCUT2D eigenvalue weighted by molar-refractivity contribution is 6.32. The van der Waals surface area contributed by atoms with Gasteiger partial charge in [-0.3, -0.25) is 0 Å². The molecule has 16 heavy (non-hydrogen) atoms. The molecule has 0 spiro atoms. The van der Waals surface area contributed by atoms with Gasteiger partial charge in [0.15, 0.2) is 0 Å². The zero-order valence-corrected chi connectivity index (χ0v) is 9.15. The van der Waals surface area contributed by atoms with Gasteiger partial charge in [0.05, 0.1) is 6.04 Å². The van der Waals surface area contributed by atoms with E-state index >= 15 is 0 Å². The predicted octanol–water partition coefficient (Wildman–Crippen LogP) is 1.76. The number of carboxylic acids is 1. The SMILES string of the molecule is O=C(O)C1=NC(Cc2ccc(Cl)cc2)CO1. The molecule has 0 bridgehead atoms. The number of hydrogen-bond donors (Lipinski definition) is 1. The minimum atomic E-state index is -1.11. The van der Waals surface area contributed by atoms with Crippen LogP contribution in [-0.4, -0.2) is 29.6 Å². The summed E-state index contributed by atoms with van der Waals surface area (Å²) in [6, 6.07) is 7.28. The number of aliphatic carboxylic acids is 1. The molecule has 2 rings (SSSR count). The van der Waals surface area contributed by atoms with E-state index in [0.717, 1.165) is 5.56 Å². The molecule has 0 fully saturated rings. The Kier molecular flexibility index (Phi) is 3.10. The lowest BCUT2D eigenvalue weighted by atomic mass is 10.1. The van der Waals surface area contributed by atoms with Crippen molar-refractivity contribution in [1.82, 2.24) is 0 Å². The van der Waals surface area contributed by atoms with E-state index < -0.39 is 5.97 Å². The first-order chi connectivity index (χ1) is 7.65. The number of benzene rings is 1. The number of hydrogen-bond acceptors (Lipinski definition) is 3. The van der Waals surface area contributed by atoms with Gasteiger partial charge in [0.25, 0.3) is 5.90 Å². The van der Waals surface area contributed by atoms with E-state index in [0.29, 0.717) is 18.1 Å². The van der Waals surface area contributed by atoms with Crippen LogP contribution in [0, 0.1) is 0 Å². The molecule has 0 saturated carbocycles. The van der Waals surface area contributed by atoms with E-state index in [-0.39, 0.29) is 11.9 Å². The number of aliphatic imine (C=N–C) groups is 1. The van der Waals surface area contributed by atoms with E-state index in [1.165, 1.54) is 0 Å². The monoisotopic (exact) mass is 239 g/mol. The lowest BCUT2D eigenvalue weighted by Gasteiger charge is -2.04. The summed E-state index contributed by atoms with van der Waals surface area (Å²) in [6.07, 6.45) is 0.661. The molecule has 1 aliphatic rings. The summed E-state index contributed by atoms with van der Waals surface area (Å²) in [5.41, 5.74) is 1.06. The molecule has 0 saturated heterocycles. The fraction of sp³-hybridized carbons (Fsp3) is 0.273. The largest absolute Gasteiger partial charge is 0.474 e. The van der Waals surface area contributed by atoms with Crippen LogP contribution in [0.3, 0.4) is 0 Å². The van der Waals surface area contributed by atoms with Gasteiger partial charge in [0.2, 0.25) is 0 Å². The maximum absolute atomic E-state index is 10.6. The molecule has 1 unspecified atom stereocenters. The lowest BCUT2D eigenvalue weighted by Crippen LogP contribution is -2.12. The average molecular weight is 240 g/mol. The number of carboxylic acid groups (broad SMARTS) is 1. The molecule has 1 heterocycles. The fourth-order valence-corrected chi connectivity index (χ4v) is 1.66. The third kappa shape index (κ3) is 2.52. The molecule has 4 nitrogen and oxygen atoms in total. The molecule has 1 aromatic carbocycles. The summed E-state index contributed by atoms with van der Waals surface area (Å²) in [5.74, 6) is -1.31. The van der Waals surface area contributed by atoms with Crippen molar-refractivity contribution < 1.29 is 14.6 Å². The second-order valence-corrected chi connectivity index (χ2v) is 3.97. The van der Waals surface area contributed by atoms with Crippen LogP contribution in [0.2, 0.25) is 5.02 Å². The molecule has 0 aromatic heterocycles. The molecular weight excluding hydrogens is 230 g/mol. The normalized spacial score (nSPS) is 19.1. The Morgan fingerprint density at radius 1 is 1.50 bits per heavy atom. The van der Waals surface area contributed by atoms with Crippen LogP contribution in [0.1, 0.15) is 5.56 Å². The first-order valence-corrected chi connectivity index (χ1v) is 5.21. The first-order valence-electron chi connectivity index (χ1n) is 4.83. The van der Waals surface area contributed by atoms with E-state index in [4.69, 9.17) is 21.4 Å². The van der Waals surface area contributed by atoms with Crippen molar-refractivity contribution in [1.29, 1.82) is 0 Å². The van der Waals surface area contributed by atoms with Crippen molar-refractivity contribution in [3.8, 4) is 0 Å². The lowest BCUT2D eigenvalue weighted by molar-refractivity contribution is -0.130. The van der Waals surface area contributed by atoms with Crippen molar-refractivity contribution in [3.63, 3.8) is 0 Å². The Bertz CT molecular complexity index is 427. The average Bonchev–Trinajstić information content (AvgIpc) is 2.70. The summed E-state index contributed by atoms with van der Waals surface area (Å²) in [6.45, 7) is 0.324. The summed E-state index contributed by atoms with van der Waals surface area (Å²) in [7, 11) is 0. The van der Waals surface area contributed by atoms with Crippen molar-refractivity contribution in [2.75, 3.05) is 6.61 Å². The minimum Gasteiger partial charge on any atom is -0.474 e. The summed E-state index contributed by atoms with van der Waals surface area (Å²) >= 11 is 5.76. The standard InChI is InChI=1S/C11H10ClNO3/c12-8-3-1-7(2-4-8)5-9-6-16-10(13-9)11(14)15/h1-4,9H,5-6H2,(H,14,15). The third-order valence-electron chi connectivity index (χ3n) is 2.28. The number of ether oxygens (including phenoxy) is 1. The van der Waals surface area contributed by atoms with Crippen LogP contribution in [0.4, 0.5) is 0 Å². The van der Waals surface area contributed by atoms with Gasteiger partial charge in [-0.25, -0.2) is 9.79 Å². The maximum Gasteiger partial charge on any atom is 0.391 e. The zero-order chi connectivity index (χ0) is 11.5. The Hall–Kier alpha value is -1.55. The smallest absolute Gasteiger partial charge is 0.391 e. The van der Waals surface area contributed by atoms with E-state index in [2.05, 4.69) is 4.99 Å². The van der Waals surface area contributed by atoms with Crippen LogP contribution in [0.25, 0.3) is 0 Å². The fourth-order valence-electron chi connectivity index (χ4n) is 1.53. The molecule has 84 valence electrons. The Morgan fingerprint density at radius 2 is 2.19 bits per heavy atom. The molecule has 0 aliphatic carbocycles. The van der Waals surface area contributed by atoms with Gasteiger partial charge in [-0.1, -0.05) is 23.7 Å². The molecular formula is C11H10ClNO3. The van der Waals surface area contributed by atoms with Crippen molar-refractivity contribution in [2.24, 2.45) is 4.99 Å². The van der Waals surface area contributed by atoms with Gasteiger partial charge >= 0.3 is 5.97 Å². The van der Waals surface area contributed by atoms with E-state index in [9.17, 15) is 4.79 Å². The second kappa shape index (κ2) is 4.53. The van der Waals surface area contributed by atoms with Crippen molar-refractivity contribution >= 4 is 23.5 Å². The maximum atomic E-state index is 10.6. The molecule has 0 amide bonds. The van der Waals surface area contributed by atoms with Crippen LogP contribution in [0.5, 0.6) is 0 Å². The molecule has 1 aromatic rings. The third-order valence-corrected chi connectivity index (χ3v) is 2.53. The van der Waals surface area contributed by atoms with Crippen LogP contribution in [0.15, 0.2) is 29.3 Å². The van der Waals surface area contributed by atoms with Crippen LogP contribution in [-0.2, 0) is 16.0 Å². The highest BCUT2D eigenvalue weighted by atomic mass is 35.5. The minimum absolute atomic E-state index is 0.118. The molecule has 1 N–H and O–H groups in total. The second-order valence-electron chi connectivity index (χ2n) is 3.53. The number of rotatable bonds is 3. The molecule has 1 aliphatic heterocycles. The topological polar surface area (TPSA) is 58.9 Å². The predicted molar refractivity (Wildman–Crippen MR) is 60.0 cm³/mol. The summed E-state index contributed by atoms with van der Waals surface area (Å²) in [5, 5.41) is 9.34. The van der Waals surface area contributed by atoms with Crippen LogP contribution >= 0.6 is 11.6 Å². The van der Waals surface area contributed by atoms with Gasteiger partial charge in [-0.05, 0) is 24.1 Å². The molecule has 1 atom stereocenters. The van der Waals surface area contributed by atoms with Crippen molar-refractivity contribution in [2.45, 2.75) is 12.5 Å². The van der Waals surface area contributed by atoms with Crippen LogP contribution < -0.4 is 0 Å². The molecule has 5 heteroatoms. The summed E-state index contributed by atoms with van der Waals surface area (Å²) < 4.78 is 4.95. The van der Waals surface area contributed by atoms with Gasteiger partial charge in [0.1, 0.15) is 6.61 Å². The van der Waals surface area contributed by atoms with Crippen molar-refractivity contribution in [3.05, 3.63) is 34.9 Å². The zero-order valence-electron chi connectivity index (χ0n) is 8.39. The Labute approximate surface area is 97.5 Å². The van der Waals surface area contributed by atoms with E-state index in [1.54, 1.807) is 12.1 Å². The Morgan fingerprint density at radius 3 is 2.75 bits per heavy atom. The van der Waals surface area contributed by atoms with Gasteiger partial charge < -0.3 is 9.84 Å². The van der Waals surface area contributed by atoms with Gasteiger partial charge in [-0.15, -0.1) is 0 Å². The highest BCUT2D eigenvalue weighted by Crippen LogP contribution is 2.14. The van der Waals surface area contributed by atoms with Gasteiger partial charge in [-0.2, -0.15) is 0 Å². The number of nitrogens with zero attached hydrogens (tertiary/aromatic N) is 1.